The van der Waals surface area contributed by atoms with E-state index in [1.54, 1.807) is 0 Å². The highest BCUT2D eigenvalue weighted by Gasteiger charge is 2.58. The summed E-state index contributed by atoms with van der Waals surface area (Å²) in [7, 11) is 0. The van der Waals surface area contributed by atoms with Crippen molar-refractivity contribution in [3.8, 4) is 11.1 Å². The molecular weight excluding hydrogens is 370 g/mol. The summed E-state index contributed by atoms with van der Waals surface area (Å²) in [5, 5.41) is 12.2. The van der Waals surface area contributed by atoms with E-state index in [0.717, 1.165) is 17.5 Å². The second-order valence-corrected chi connectivity index (χ2v) is 8.19. The lowest BCUT2D eigenvalue weighted by Gasteiger charge is -2.50. The highest BCUT2D eigenvalue weighted by molar-refractivity contribution is 5.79. The maximum absolute atomic E-state index is 12.6. The van der Waals surface area contributed by atoms with Crippen LogP contribution < -0.4 is 5.32 Å². The summed E-state index contributed by atoms with van der Waals surface area (Å²) in [6.45, 7) is 0.830. The average Bonchev–Trinajstić information content (AvgIpc) is 3.24. The largest absolute Gasteiger partial charge is 0.481 e. The second-order valence-electron chi connectivity index (χ2n) is 8.19. The van der Waals surface area contributed by atoms with Gasteiger partial charge in [-0.15, -0.1) is 0 Å². The molecule has 0 spiro atoms. The molecule has 1 aliphatic heterocycles. The number of benzene rings is 2. The normalized spacial score (nSPS) is 26.8. The molecule has 2 aromatic rings. The van der Waals surface area contributed by atoms with Gasteiger partial charge in [-0.2, -0.15) is 0 Å². The van der Waals surface area contributed by atoms with Gasteiger partial charge in [-0.05, 0) is 35.1 Å². The fraction of sp³-hybridized carbons (Fsp3) is 0.391. The molecule has 1 heterocycles. The van der Waals surface area contributed by atoms with Crippen molar-refractivity contribution in [3.05, 3.63) is 59.7 Å². The standard InChI is InChI=1S/C23H23NO5/c25-21(26)12-23(11-20-19(23)9-10-28-20)24-22(27)29-13-18-16-7-3-1-5-14(16)15-6-2-4-8-17(15)18/h1-8,18-20H,9-13H2,(H,24,27)(H,25,26)/t19-,20-,23?/m1/s1. The van der Waals surface area contributed by atoms with Crippen LogP contribution in [0.15, 0.2) is 48.5 Å². The molecule has 6 heteroatoms. The monoisotopic (exact) mass is 393 g/mol. The number of nitrogens with one attached hydrogen (secondary N) is 1. The predicted molar refractivity (Wildman–Crippen MR) is 106 cm³/mol. The molecule has 2 N–H and O–H groups in total. The number of amides is 1. The van der Waals surface area contributed by atoms with Gasteiger partial charge >= 0.3 is 12.1 Å². The van der Waals surface area contributed by atoms with Crippen LogP contribution in [0.3, 0.4) is 0 Å². The molecule has 29 heavy (non-hydrogen) atoms. The topological polar surface area (TPSA) is 84.9 Å². The Kier molecular flexibility index (Phi) is 4.32. The van der Waals surface area contributed by atoms with Crippen LogP contribution >= 0.6 is 0 Å². The molecule has 1 amide bonds. The fourth-order valence-electron chi connectivity index (χ4n) is 5.33. The number of carboxylic acids is 1. The van der Waals surface area contributed by atoms with Crippen LogP contribution in [0.1, 0.15) is 36.3 Å². The molecule has 0 bridgehead atoms. The summed E-state index contributed by atoms with van der Waals surface area (Å²) in [5.41, 5.74) is 3.87. The van der Waals surface area contributed by atoms with Gasteiger partial charge in [0.25, 0.3) is 0 Å². The van der Waals surface area contributed by atoms with Gasteiger partial charge in [0.15, 0.2) is 0 Å². The van der Waals surface area contributed by atoms with E-state index in [9.17, 15) is 14.7 Å². The minimum atomic E-state index is -0.922. The fourth-order valence-corrected chi connectivity index (χ4v) is 5.33. The van der Waals surface area contributed by atoms with Gasteiger partial charge in [0, 0.05) is 18.4 Å². The minimum Gasteiger partial charge on any atom is -0.481 e. The first-order chi connectivity index (χ1) is 14.1. The summed E-state index contributed by atoms with van der Waals surface area (Å²) in [6.07, 6.45) is 0.666. The molecule has 6 nitrogen and oxygen atoms in total. The molecule has 0 aromatic heterocycles. The van der Waals surface area contributed by atoms with E-state index >= 15 is 0 Å². The van der Waals surface area contributed by atoms with Crippen molar-refractivity contribution in [1.82, 2.24) is 5.32 Å². The van der Waals surface area contributed by atoms with Crippen molar-refractivity contribution in [2.45, 2.75) is 36.8 Å². The molecule has 2 aliphatic carbocycles. The second kappa shape index (κ2) is 6.88. The number of carbonyl (C=O) groups excluding carboxylic acids is 1. The first-order valence-corrected chi connectivity index (χ1v) is 10.0. The highest BCUT2D eigenvalue weighted by Crippen LogP contribution is 2.49. The van der Waals surface area contributed by atoms with Gasteiger partial charge in [0.2, 0.25) is 0 Å². The van der Waals surface area contributed by atoms with E-state index in [2.05, 4.69) is 29.6 Å². The lowest BCUT2D eigenvalue weighted by Crippen LogP contribution is -2.66. The van der Waals surface area contributed by atoms with Crippen LogP contribution in [0.2, 0.25) is 0 Å². The van der Waals surface area contributed by atoms with Gasteiger partial charge in [0.05, 0.1) is 18.1 Å². The maximum Gasteiger partial charge on any atom is 0.407 e. The number of ether oxygens (including phenoxy) is 2. The number of hydrogen-bond acceptors (Lipinski definition) is 4. The first-order valence-electron chi connectivity index (χ1n) is 10.0. The molecule has 5 rings (SSSR count). The summed E-state index contributed by atoms with van der Waals surface area (Å²) < 4.78 is 11.2. The first kappa shape index (κ1) is 18.2. The van der Waals surface area contributed by atoms with E-state index < -0.39 is 17.6 Å². The van der Waals surface area contributed by atoms with Gasteiger partial charge < -0.3 is 19.9 Å². The van der Waals surface area contributed by atoms with E-state index in [-0.39, 0.29) is 31.0 Å². The summed E-state index contributed by atoms with van der Waals surface area (Å²) in [5.74, 6) is -0.902. The summed E-state index contributed by atoms with van der Waals surface area (Å²) in [6, 6.07) is 16.3. The Hall–Kier alpha value is -2.86. The molecule has 1 unspecified atom stereocenters. The van der Waals surface area contributed by atoms with Gasteiger partial charge in [-0.1, -0.05) is 48.5 Å². The number of carboxylic acid groups (broad SMARTS) is 1. The number of alkyl carbamates (subject to hydrolysis) is 1. The Labute approximate surface area is 168 Å². The molecule has 3 aliphatic rings. The van der Waals surface area contributed by atoms with Crippen molar-refractivity contribution in [2.75, 3.05) is 13.2 Å². The van der Waals surface area contributed by atoms with E-state index in [4.69, 9.17) is 9.47 Å². The lowest BCUT2D eigenvalue weighted by molar-refractivity contribution is -0.143. The number of carbonyl (C=O) groups is 2. The number of hydrogen-bond donors (Lipinski definition) is 2. The van der Waals surface area contributed by atoms with Crippen molar-refractivity contribution in [3.63, 3.8) is 0 Å². The molecule has 1 saturated carbocycles. The third-order valence-electron chi connectivity index (χ3n) is 6.65. The molecule has 2 fully saturated rings. The van der Waals surface area contributed by atoms with Crippen LogP contribution in [-0.2, 0) is 14.3 Å². The third-order valence-corrected chi connectivity index (χ3v) is 6.65. The van der Waals surface area contributed by atoms with Crippen molar-refractivity contribution in [2.24, 2.45) is 5.92 Å². The predicted octanol–water partition coefficient (Wildman–Crippen LogP) is 3.55. The zero-order valence-electron chi connectivity index (χ0n) is 16.0. The Balaban J connectivity index is 1.30. The van der Waals surface area contributed by atoms with Crippen molar-refractivity contribution < 1.29 is 24.2 Å². The van der Waals surface area contributed by atoms with Gasteiger partial charge in [-0.25, -0.2) is 4.79 Å². The minimum absolute atomic E-state index is 0.0208. The van der Waals surface area contributed by atoms with Crippen LogP contribution in [0.5, 0.6) is 0 Å². The average molecular weight is 393 g/mol. The zero-order valence-corrected chi connectivity index (χ0v) is 16.0. The Morgan fingerprint density at radius 1 is 1.10 bits per heavy atom. The van der Waals surface area contributed by atoms with Crippen molar-refractivity contribution >= 4 is 12.1 Å². The lowest BCUT2D eigenvalue weighted by atomic mass is 9.62. The summed E-state index contributed by atoms with van der Waals surface area (Å²) >= 11 is 0. The third kappa shape index (κ3) is 2.99. The number of fused-ring (bicyclic) bond motifs is 4. The van der Waals surface area contributed by atoms with Gasteiger partial charge in [0.1, 0.15) is 6.61 Å². The van der Waals surface area contributed by atoms with Crippen LogP contribution in [0.25, 0.3) is 11.1 Å². The number of aliphatic carboxylic acids is 1. The molecule has 2 aromatic carbocycles. The van der Waals surface area contributed by atoms with E-state index in [1.165, 1.54) is 11.1 Å². The Morgan fingerprint density at radius 3 is 2.38 bits per heavy atom. The van der Waals surface area contributed by atoms with Crippen LogP contribution in [0, 0.1) is 5.92 Å². The highest BCUT2D eigenvalue weighted by atomic mass is 16.5. The van der Waals surface area contributed by atoms with Crippen LogP contribution in [-0.4, -0.2) is 42.0 Å². The molecule has 1 saturated heterocycles. The van der Waals surface area contributed by atoms with E-state index in [0.29, 0.717) is 13.0 Å². The maximum atomic E-state index is 12.6. The van der Waals surface area contributed by atoms with E-state index in [1.807, 2.05) is 24.3 Å². The molecular formula is C23H23NO5. The number of rotatable bonds is 5. The molecule has 3 atom stereocenters. The molecule has 150 valence electrons. The Morgan fingerprint density at radius 2 is 1.76 bits per heavy atom. The quantitative estimate of drug-likeness (QED) is 0.812. The van der Waals surface area contributed by atoms with Gasteiger partial charge in [-0.3, -0.25) is 4.79 Å². The Bertz CT molecular complexity index is 928. The van der Waals surface area contributed by atoms with Crippen molar-refractivity contribution in [1.29, 1.82) is 0 Å². The summed E-state index contributed by atoms with van der Waals surface area (Å²) in [4.78, 5) is 24.0. The zero-order chi connectivity index (χ0) is 20.0. The molecule has 0 radical (unpaired) electrons. The smallest absolute Gasteiger partial charge is 0.407 e. The van der Waals surface area contributed by atoms with Crippen LogP contribution in [0.4, 0.5) is 4.79 Å². The SMILES string of the molecule is O=C(O)CC1(NC(=O)OCC2c3ccccc3-c3ccccc32)C[C@H]2OCC[C@H]21.